The summed E-state index contributed by atoms with van der Waals surface area (Å²) >= 11 is 1.59. The van der Waals surface area contributed by atoms with Crippen molar-refractivity contribution in [3.05, 3.63) is 124 Å². The first-order chi connectivity index (χ1) is 43.4. The summed E-state index contributed by atoms with van der Waals surface area (Å²) in [6, 6.07) is 22.3. The minimum atomic E-state index is -0.809. The van der Waals surface area contributed by atoms with Gasteiger partial charge in [-0.05, 0) is 109 Å². The number of aromatic nitrogens is 3. The van der Waals surface area contributed by atoms with Crippen molar-refractivity contribution in [1.82, 2.24) is 25.0 Å². The van der Waals surface area contributed by atoms with Gasteiger partial charge in [-0.25, -0.2) is 13.8 Å². The number of carbonyl (C=O) groups is 5. The van der Waals surface area contributed by atoms with E-state index in [0.29, 0.717) is 151 Å². The Hall–Kier alpha value is -6.89. The largest absolute Gasteiger partial charge is 0.391 e. The molecule has 90 heavy (non-hydrogen) atoms. The fraction of sp³-hybridized carbons (Fsp3) is 0.515. The zero-order chi connectivity index (χ0) is 63.6. The van der Waals surface area contributed by atoms with Crippen molar-refractivity contribution in [1.29, 1.82) is 0 Å². The van der Waals surface area contributed by atoms with Crippen LogP contribution < -0.4 is 15.5 Å². The van der Waals surface area contributed by atoms with E-state index in [0.717, 1.165) is 51.9 Å². The van der Waals surface area contributed by atoms with Crippen LogP contribution in [0.5, 0.6) is 0 Å². The number of carbonyl (C=O) groups excluding carboxylic acids is 5. The smallest absolute Gasteiger partial charge is 0.258 e. The number of halogens is 2. The maximum atomic E-state index is 14.1. The van der Waals surface area contributed by atoms with E-state index in [1.165, 1.54) is 17.0 Å². The number of piperazine rings is 1. The van der Waals surface area contributed by atoms with E-state index in [-0.39, 0.29) is 74.0 Å². The highest BCUT2D eigenvalue weighted by Crippen LogP contribution is 2.35. The third-order valence-corrected chi connectivity index (χ3v) is 17.8. The van der Waals surface area contributed by atoms with Crippen molar-refractivity contribution in [2.45, 2.75) is 110 Å². The number of ketones is 3. The number of rotatable bonds is 33. The summed E-state index contributed by atoms with van der Waals surface area (Å²) in [6.07, 6.45) is 3.20. The van der Waals surface area contributed by atoms with Gasteiger partial charge in [0, 0.05) is 119 Å². The van der Waals surface area contributed by atoms with Gasteiger partial charge in [-0.3, -0.25) is 34.0 Å². The van der Waals surface area contributed by atoms with Crippen LogP contribution >= 0.6 is 11.3 Å². The van der Waals surface area contributed by atoms with Gasteiger partial charge < -0.3 is 49.2 Å². The predicted molar refractivity (Wildman–Crippen MR) is 342 cm³/mol. The molecule has 0 aliphatic carbocycles. The number of amides is 2. The molecule has 3 saturated heterocycles. The van der Waals surface area contributed by atoms with Gasteiger partial charge in [0.2, 0.25) is 5.91 Å². The van der Waals surface area contributed by atoms with Crippen LogP contribution in [-0.4, -0.2) is 183 Å². The number of Topliss-reactive ketones (excluding diaryl/α,β-unsaturated/α-hetero) is 3. The SMILES string of the molecule is Cc1ncsc1-c1ccc(CCC(=O)[C@@H]2C[C@@H](O)CN2C(=O)[C@@H](CC(=O)CCOCCOCCOCCOCCCC(=O)CN2CCN(c3ccc(C(=O)Nc4n[nH]c5ccc(Cc6cc(F)cc(F)c6)cc45)c(NC4CCOCC4)c3)CC2)C(C)(C)C)cc1. The molecule has 4 N–H and O–H groups in total. The van der Waals surface area contributed by atoms with Crippen LogP contribution in [0.4, 0.5) is 26.0 Å². The molecule has 0 spiro atoms. The number of aromatic amines is 1. The number of benzene rings is 4. The maximum Gasteiger partial charge on any atom is 0.258 e. The minimum Gasteiger partial charge on any atom is -0.391 e. The molecule has 0 radical (unpaired) electrons. The first-order valence-electron chi connectivity index (χ1n) is 31.5. The molecule has 484 valence electrons. The lowest BCUT2D eigenvalue weighted by Gasteiger charge is -2.36. The molecule has 5 heterocycles. The molecule has 0 unspecified atom stereocenters. The van der Waals surface area contributed by atoms with Gasteiger partial charge in [0.15, 0.2) is 11.6 Å². The summed E-state index contributed by atoms with van der Waals surface area (Å²) in [6.45, 7) is 15.0. The highest BCUT2D eigenvalue weighted by Gasteiger charge is 2.44. The molecule has 19 nitrogen and oxygen atoms in total. The molecule has 22 heteroatoms. The quantitative estimate of drug-likeness (QED) is 0.0281. The van der Waals surface area contributed by atoms with Gasteiger partial charge in [-0.1, -0.05) is 51.1 Å². The average Bonchev–Trinajstić information content (AvgIpc) is 1.59. The van der Waals surface area contributed by atoms with Crippen LogP contribution in [0.3, 0.4) is 0 Å². The average molecular weight is 1260 g/mol. The van der Waals surface area contributed by atoms with Gasteiger partial charge in [0.25, 0.3) is 5.91 Å². The van der Waals surface area contributed by atoms with Crippen molar-refractivity contribution in [3.8, 4) is 10.4 Å². The number of aryl methyl sites for hydroxylation is 2. The second-order valence-corrected chi connectivity index (χ2v) is 25.6. The molecule has 2 amide bonds. The number of hydrogen-bond acceptors (Lipinski definition) is 17. The lowest BCUT2D eigenvalue weighted by molar-refractivity contribution is -0.146. The summed E-state index contributed by atoms with van der Waals surface area (Å²) in [5.74, 6) is -2.27. The molecule has 3 atom stereocenters. The standard InChI is InChI=1S/C68H86F2N8O11S/c1-45-64(90-44-71-45)49-11-7-46(8-12-49)10-16-63(82)62-41-56(81)43-78(62)67(84)59(68(2,3)4)40-54(79)19-27-87-29-31-89-33-32-88-30-28-85-24-5-6-55(80)42-76-20-22-77(23-21-76)53-13-14-57(61(39-53)72-52-17-25-86-26-18-52)66(83)73-65-58-37-47(9-15-60(58)74-75-65)34-48-35-50(69)38-51(70)36-48/h7-9,11-15,35-39,44,52,56,59,62,72,81H,5-6,10,16-34,40-43H2,1-4H3,(H2,73,74,75,83)/t56-,59-,62+/m1/s1. The van der Waals surface area contributed by atoms with E-state index in [1.54, 1.807) is 11.3 Å². The van der Waals surface area contributed by atoms with Crippen LogP contribution in [-0.2, 0) is 55.7 Å². The summed E-state index contributed by atoms with van der Waals surface area (Å²) in [4.78, 5) is 79.3. The molecule has 0 saturated carbocycles. The third-order valence-electron chi connectivity index (χ3n) is 16.9. The maximum absolute atomic E-state index is 14.1. The van der Waals surface area contributed by atoms with Crippen LogP contribution in [0.25, 0.3) is 21.3 Å². The number of fused-ring (bicyclic) bond motifs is 1. The van der Waals surface area contributed by atoms with E-state index in [1.807, 2.05) is 93.9 Å². The number of aliphatic hydroxyl groups is 1. The second kappa shape index (κ2) is 32.9. The Labute approximate surface area is 529 Å². The molecule has 3 aliphatic heterocycles. The Balaban J connectivity index is 0.606. The van der Waals surface area contributed by atoms with Gasteiger partial charge in [-0.2, -0.15) is 5.10 Å². The van der Waals surface area contributed by atoms with Crippen LogP contribution in [0, 0.1) is 29.9 Å². The summed E-state index contributed by atoms with van der Waals surface area (Å²) < 4.78 is 56.2. The van der Waals surface area contributed by atoms with Crippen molar-refractivity contribution < 1.29 is 61.5 Å². The number of likely N-dealkylation sites (tertiary alicyclic amines) is 1. The fourth-order valence-corrected chi connectivity index (χ4v) is 12.6. The Morgan fingerprint density at radius 1 is 0.778 bits per heavy atom. The normalized spacial score (nSPS) is 17.1. The summed E-state index contributed by atoms with van der Waals surface area (Å²) in [7, 11) is 0. The van der Waals surface area contributed by atoms with Crippen molar-refractivity contribution >= 4 is 68.6 Å². The fourth-order valence-electron chi connectivity index (χ4n) is 11.8. The van der Waals surface area contributed by atoms with E-state index in [9.17, 15) is 37.9 Å². The Bertz CT molecular complexity index is 3340. The highest BCUT2D eigenvalue weighted by atomic mass is 32.1. The van der Waals surface area contributed by atoms with Crippen molar-refractivity contribution in [3.63, 3.8) is 0 Å². The van der Waals surface area contributed by atoms with Crippen LogP contribution in [0.15, 0.2) is 84.4 Å². The van der Waals surface area contributed by atoms with E-state index in [4.69, 9.17) is 23.7 Å². The summed E-state index contributed by atoms with van der Waals surface area (Å²) in [5.41, 5.74) is 8.47. The third kappa shape index (κ3) is 19.6. The van der Waals surface area contributed by atoms with Crippen molar-refractivity contribution in [2.24, 2.45) is 11.3 Å². The Kier molecular flexibility index (Phi) is 24.7. The highest BCUT2D eigenvalue weighted by molar-refractivity contribution is 7.13. The number of anilines is 3. The van der Waals surface area contributed by atoms with E-state index >= 15 is 0 Å². The minimum absolute atomic E-state index is 0.0105. The lowest BCUT2D eigenvalue weighted by Crippen LogP contribution is -2.48. The first kappa shape index (κ1) is 67.5. The lowest BCUT2D eigenvalue weighted by atomic mass is 9.76. The Morgan fingerprint density at radius 3 is 2.13 bits per heavy atom. The number of aliphatic hydroxyl groups excluding tert-OH is 1. The van der Waals surface area contributed by atoms with E-state index in [2.05, 4.69) is 35.6 Å². The zero-order valence-corrected chi connectivity index (χ0v) is 53.0. The number of ether oxygens (including phenoxy) is 5. The monoisotopic (exact) mass is 1260 g/mol. The number of hydrogen-bond donors (Lipinski definition) is 4. The predicted octanol–water partition coefficient (Wildman–Crippen LogP) is 9.42. The molecule has 6 aromatic rings. The topological polar surface area (TPSA) is 227 Å². The number of thiazole rings is 1. The molecule has 2 aromatic heterocycles. The Morgan fingerprint density at radius 2 is 1.46 bits per heavy atom. The molecule has 9 rings (SSSR count). The zero-order valence-electron chi connectivity index (χ0n) is 52.2. The van der Waals surface area contributed by atoms with Gasteiger partial charge in [0.1, 0.15) is 23.2 Å². The first-order valence-corrected chi connectivity index (χ1v) is 32.4. The number of β-amino-alcohol motifs (C(OH)–C–C–N with tert-alkyl or cyclic N) is 1. The van der Waals surface area contributed by atoms with E-state index < -0.39 is 35.1 Å². The molecule has 4 aromatic carbocycles. The van der Waals surface area contributed by atoms with Crippen LogP contribution in [0.1, 0.15) is 105 Å². The number of nitrogens with one attached hydrogen (secondary N) is 3. The van der Waals surface area contributed by atoms with Gasteiger partial charge in [0.05, 0.1) is 92.1 Å². The van der Waals surface area contributed by atoms with Gasteiger partial charge in [-0.15, -0.1) is 11.3 Å². The summed E-state index contributed by atoms with van der Waals surface area (Å²) in [5, 5.41) is 25.3. The molecule has 3 fully saturated rings. The molecular formula is C68H86F2N8O11S. The van der Waals surface area contributed by atoms with Crippen molar-refractivity contribution in [2.75, 3.05) is 121 Å². The molecule has 0 bridgehead atoms. The molecule has 3 aliphatic rings. The van der Waals surface area contributed by atoms with Gasteiger partial charge >= 0.3 is 0 Å². The molecular weight excluding hydrogens is 1170 g/mol. The second-order valence-electron chi connectivity index (χ2n) is 24.7. The number of H-pyrrole nitrogens is 1. The number of nitrogens with zero attached hydrogens (tertiary/aromatic N) is 5. The van der Waals surface area contributed by atoms with Crippen LogP contribution in [0.2, 0.25) is 0 Å².